The molecule has 5 rings (SSSR count). The maximum absolute atomic E-state index is 13.5. The first-order chi connectivity index (χ1) is 14.6. The Morgan fingerprint density at radius 1 is 1.00 bits per heavy atom. The van der Waals surface area contributed by atoms with Crippen molar-refractivity contribution in [1.29, 1.82) is 0 Å². The second-order valence-electron chi connectivity index (χ2n) is 7.85. The van der Waals surface area contributed by atoms with Crippen molar-refractivity contribution in [3.8, 4) is 0 Å². The van der Waals surface area contributed by atoms with Crippen LogP contribution >= 0.6 is 0 Å². The maximum Gasteiger partial charge on any atom is 0.332 e. The van der Waals surface area contributed by atoms with Crippen LogP contribution in [0.15, 0.2) is 71.9 Å². The van der Waals surface area contributed by atoms with Crippen molar-refractivity contribution in [2.45, 2.75) is 24.9 Å². The van der Waals surface area contributed by atoms with Crippen LogP contribution in [0.25, 0.3) is 0 Å². The van der Waals surface area contributed by atoms with Gasteiger partial charge < -0.3 is 9.64 Å². The number of anilines is 1. The molecule has 152 valence electrons. The molecule has 0 N–H and O–H groups in total. The number of amides is 1. The normalized spacial score (nSPS) is 26.2. The molecule has 2 fully saturated rings. The molecule has 6 nitrogen and oxygen atoms in total. The van der Waals surface area contributed by atoms with Gasteiger partial charge in [0.25, 0.3) is 0 Å². The van der Waals surface area contributed by atoms with Crippen LogP contribution in [0.1, 0.15) is 24.0 Å². The fourth-order valence-electron chi connectivity index (χ4n) is 4.71. The third-order valence-electron chi connectivity index (χ3n) is 6.08. The number of fused-ring (bicyclic) bond motifs is 6. The summed E-state index contributed by atoms with van der Waals surface area (Å²) < 4.78 is 5.57. The molecule has 3 aliphatic rings. The molecule has 3 aliphatic heterocycles. The standard InChI is InChI=1S/C24H23N3O3/c1-16-21-15-27(24(29)20-12-7-13-26(20)21)19-11-6-5-10-18(19)23(25-14-22(28)30-16)17-8-3-2-4-9-17/h2-6,8-11,20-21H,1,7,12-15H2/b25-23+/t20-,21-/m1/s1. The molecule has 6 heteroatoms. The second kappa shape index (κ2) is 7.54. The van der Waals surface area contributed by atoms with Crippen molar-refractivity contribution in [2.75, 3.05) is 24.5 Å². The number of benzene rings is 2. The lowest BCUT2D eigenvalue weighted by atomic mass is 9.97. The van der Waals surface area contributed by atoms with E-state index < -0.39 is 5.97 Å². The van der Waals surface area contributed by atoms with Crippen LogP contribution in [-0.4, -0.2) is 54.2 Å². The molecule has 2 atom stereocenters. The van der Waals surface area contributed by atoms with Crippen molar-refractivity contribution in [2.24, 2.45) is 4.99 Å². The number of aliphatic imine (C=N–C) groups is 1. The van der Waals surface area contributed by atoms with Gasteiger partial charge in [-0.15, -0.1) is 0 Å². The average Bonchev–Trinajstić information content (AvgIpc) is 3.25. The molecule has 2 aromatic rings. The third kappa shape index (κ3) is 3.13. The van der Waals surface area contributed by atoms with Crippen molar-refractivity contribution in [1.82, 2.24) is 4.90 Å². The smallest absolute Gasteiger partial charge is 0.332 e. The lowest BCUT2D eigenvalue weighted by Gasteiger charge is -2.43. The number of para-hydroxylation sites is 1. The van der Waals surface area contributed by atoms with Gasteiger partial charge in [-0.25, -0.2) is 4.79 Å². The van der Waals surface area contributed by atoms with Crippen molar-refractivity contribution in [3.05, 3.63) is 78.1 Å². The van der Waals surface area contributed by atoms with Gasteiger partial charge >= 0.3 is 5.97 Å². The summed E-state index contributed by atoms with van der Waals surface area (Å²) in [5.74, 6) is 0.0363. The Kier molecular flexibility index (Phi) is 4.71. The summed E-state index contributed by atoms with van der Waals surface area (Å²) in [4.78, 5) is 34.6. The summed E-state index contributed by atoms with van der Waals surface area (Å²) >= 11 is 0. The van der Waals surface area contributed by atoms with Crippen LogP contribution in [0.2, 0.25) is 0 Å². The van der Waals surface area contributed by atoms with Crippen LogP contribution in [0.5, 0.6) is 0 Å². The van der Waals surface area contributed by atoms with Crippen LogP contribution < -0.4 is 4.90 Å². The van der Waals surface area contributed by atoms with Gasteiger partial charge in [0.05, 0.1) is 23.5 Å². The van der Waals surface area contributed by atoms with E-state index in [1.54, 1.807) is 0 Å². The minimum atomic E-state index is -0.438. The highest BCUT2D eigenvalue weighted by atomic mass is 16.5. The number of nitrogens with zero attached hydrogens (tertiary/aromatic N) is 3. The van der Waals surface area contributed by atoms with Crippen molar-refractivity contribution < 1.29 is 14.3 Å². The summed E-state index contributed by atoms with van der Waals surface area (Å²) in [7, 11) is 0. The van der Waals surface area contributed by atoms with Crippen LogP contribution in [-0.2, 0) is 14.3 Å². The van der Waals surface area contributed by atoms with E-state index in [-0.39, 0.29) is 24.5 Å². The molecule has 0 aromatic heterocycles. The van der Waals surface area contributed by atoms with E-state index in [2.05, 4.69) is 16.5 Å². The zero-order chi connectivity index (χ0) is 20.7. The Morgan fingerprint density at radius 2 is 1.77 bits per heavy atom. The summed E-state index contributed by atoms with van der Waals surface area (Å²) in [6.45, 7) is 5.14. The first kappa shape index (κ1) is 18.8. The minimum absolute atomic E-state index is 0.0852. The molecule has 0 spiro atoms. The molecular weight excluding hydrogens is 378 g/mol. The zero-order valence-corrected chi connectivity index (χ0v) is 16.7. The van der Waals surface area contributed by atoms with Gasteiger partial charge in [-0.2, -0.15) is 0 Å². The van der Waals surface area contributed by atoms with E-state index in [9.17, 15) is 9.59 Å². The largest absolute Gasteiger partial charge is 0.429 e. The van der Waals surface area contributed by atoms with Crippen molar-refractivity contribution >= 4 is 23.3 Å². The van der Waals surface area contributed by atoms with E-state index in [1.807, 2.05) is 59.5 Å². The highest BCUT2D eigenvalue weighted by molar-refractivity contribution is 6.18. The molecule has 30 heavy (non-hydrogen) atoms. The number of piperazine rings is 1. The summed E-state index contributed by atoms with van der Waals surface area (Å²) in [6.07, 6.45) is 1.75. The summed E-state index contributed by atoms with van der Waals surface area (Å²) in [5.41, 5.74) is 3.21. The summed E-state index contributed by atoms with van der Waals surface area (Å²) in [5, 5.41) is 0. The lowest BCUT2D eigenvalue weighted by Crippen LogP contribution is -2.60. The first-order valence-electron chi connectivity index (χ1n) is 10.3. The fourth-order valence-corrected chi connectivity index (χ4v) is 4.71. The molecule has 0 aliphatic carbocycles. The molecular formula is C24H23N3O3. The molecule has 2 saturated heterocycles. The first-order valence-corrected chi connectivity index (χ1v) is 10.3. The van der Waals surface area contributed by atoms with E-state index in [0.29, 0.717) is 18.0 Å². The zero-order valence-electron chi connectivity index (χ0n) is 16.7. The molecule has 3 heterocycles. The van der Waals surface area contributed by atoms with E-state index in [0.717, 1.165) is 36.2 Å². The number of esters is 1. The minimum Gasteiger partial charge on any atom is -0.429 e. The maximum atomic E-state index is 13.5. The van der Waals surface area contributed by atoms with E-state index in [1.165, 1.54) is 0 Å². The number of rotatable bonds is 1. The molecule has 1 amide bonds. The van der Waals surface area contributed by atoms with E-state index in [4.69, 9.17) is 4.74 Å². The van der Waals surface area contributed by atoms with Crippen LogP contribution in [0.4, 0.5) is 5.69 Å². The van der Waals surface area contributed by atoms with Gasteiger partial charge in [0.15, 0.2) is 0 Å². The Morgan fingerprint density at radius 3 is 2.60 bits per heavy atom. The number of cyclic esters (lactones) is 1. The van der Waals surface area contributed by atoms with Crippen LogP contribution in [0, 0.1) is 0 Å². The number of ether oxygens (including phenoxy) is 1. The predicted octanol–water partition coefficient (Wildman–Crippen LogP) is 2.77. The SMILES string of the molecule is C=C1OC(=O)C/N=C(\c2ccccc2)c2ccccc2N2C[C@H]1N1CCC[C@@H]1C2=O. The second-order valence-corrected chi connectivity index (χ2v) is 7.85. The van der Waals surface area contributed by atoms with Gasteiger partial charge in [-0.3, -0.25) is 14.7 Å². The lowest BCUT2D eigenvalue weighted by molar-refractivity contribution is -0.139. The van der Waals surface area contributed by atoms with Gasteiger partial charge in [0.1, 0.15) is 12.3 Å². The van der Waals surface area contributed by atoms with Gasteiger partial charge in [0.2, 0.25) is 5.91 Å². The quantitative estimate of drug-likeness (QED) is 0.690. The van der Waals surface area contributed by atoms with Gasteiger partial charge in [-0.1, -0.05) is 55.1 Å². The van der Waals surface area contributed by atoms with Crippen LogP contribution in [0.3, 0.4) is 0 Å². The third-order valence-corrected chi connectivity index (χ3v) is 6.08. The topological polar surface area (TPSA) is 62.2 Å². The molecule has 0 saturated carbocycles. The van der Waals surface area contributed by atoms with Gasteiger partial charge in [0, 0.05) is 17.7 Å². The number of hydrogen-bond acceptors (Lipinski definition) is 5. The molecule has 2 bridgehead atoms. The highest BCUT2D eigenvalue weighted by Gasteiger charge is 2.46. The Balaban J connectivity index is 1.69. The monoisotopic (exact) mass is 401 g/mol. The average molecular weight is 401 g/mol. The number of carbonyl (C=O) groups excluding carboxylic acids is 2. The molecule has 0 radical (unpaired) electrons. The Hall–Kier alpha value is -3.25. The Labute approximate surface area is 175 Å². The number of carbonyl (C=O) groups is 2. The molecule has 0 unspecified atom stereocenters. The van der Waals surface area contributed by atoms with Crippen molar-refractivity contribution in [3.63, 3.8) is 0 Å². The fraction of sp³-hybridized carbons (Fsp3) is 0.292. The summed E-state index contributed by atoms with van der Waals surface area (Å²) in [6, 6.07) is 17.1. The Bertz CT molecular complexity index is 1050. The van der Waals surface area contributed by atoms with Gasteiger partial charge in [-0.05, 0) is 25.5 Å². The predicted molar refractivity (Wildman–Crippen MR) is 114 cm³/mol. The highest BCUT2D eigenvalue weighted by Crippen LogP contribution is 2.35. The number of hydrogen-bond donors (Lipinski definition) is 0. The molecule has 2 aromatic carbocycles. The van der Waals surface area contributed by atoms with E-state index >= 15 is 0 Å².